The van der Waals surface area contributed by atoms with Gasteiger partial charge < -0.3 is 9.52 Å². The Balaban J connectivity index is 2.09. The van der Waals surface area contributed by atoms with Gasteiger partial charge in [0.1, 0.15) is 11.3 Å². The largest absolute Gasteiger partial charge is 0.508 e. The number of nitrogens with zero attached hydrogens (tertiary/aromatic N) is 1. The minimum atomic E-state index is -0.606. The molecule has 0 spiro atoms. The first kappa shape index (κ1) is 12.2. The number of carbonyl (C=O) groups excluding carboxylic acids is 2. The summed E-state index contributed by atoms with van der Waals surface area (Å²) in [7, 11) is 0. The highest BCUT2D eigenvalue weighted by atomic mass is 16.4. The maximum absolute atomic E-state index is 11.5. The van der Waals surface area contributed by atoms with Crippen molar-refractivity contribution in [1.29, 1.82) is 0 Å². The summed E-state index contributed by atoms with van der Waals surface area (Å²) >= 11 is 0. The first-order valence-corrected chi connectivity index (χ1v) is 5.84. The fourth-order valence-electron chi connectivity index (χ4n) is 2.11. The molecule has 20 heavy (non-hydrogen) atoms. The highest BCUT2D eigenvalue weighted by Gasteiger charge is 2.24. The van der Waals surface area contributed by atoms with E-state index in [2.05, 4.69) is 0 Å². The Kier molecular flexibility index (Phi) is 2.64. The molecule has 2 amide bonds. The number of phenolic OH excluding ortho intramolecular Hbond substituents is 1. The Morgan fingerprint density at radius 1 is 1.05 bits per heavy atom. The molecule has 0 radical (unpaired) electrons. The predicted molar refractivity (Wildman–Crippen MR) is 68.8 cm³/mol. The maximum Gasteiger partial charge on any atom is 0.336 e. The Hall–Kier alpha value is -2.89. The van der Waals surface area contributed by atoms with E-state index in [1.807, 2.05) is 0 Å². The smallest absolute Gasteiger partial charge is 0.336 e. The van der Waals surface area contributed by atoms with Crippen LogP contribution in [0.25, 0.3) is 11.0 Å². The van der Waals surface area contributed by atoms with Gasteiger partial charge in [0.2, 0.25) is 0 Å². The van der Waals surface area contributed by atoms with Crippen molar-refractivity contribution in [2.75, 3.05) is 0 Å². The topological polar surface area (TPSA) is 87.8 Å². The first-order chi connectivity index (χ1) is 9.54. The summed E-state index contributed by atoms with van der Waals surface area (Å²) in [6.07, 6.45) is 2.36. The molecule has 0 atom stereocenters. The van der Waals surface area contributed by atoms with Crippen LogP contribution in [0.15, 0.2) is 45.6 Å². The molecule has 0 fully saturated rings. The molecule has 6 heteroatoms. The molecule has 6 nitrogen and oxygen atoms in total. The van der Waals surface area contributed by atoms with Crippen molar-refractivity contribution < 1.29 is 19.1 Å². The highest BCUT2D eigenvalue weighted by molar-refractivity contribution is 6.12. The zero-order valence-electron chi connectivity index (χ0n) is 10.2. The van der Waals surface area contributed by atoms with Gasteiger partial charge in [0.05, 0.1) is 6.54 Å². The number of hydrogen-bond donors (Lipinski definition) is 1. The molecule has 2 heterocycles. The monoisotopic (exact) mass is 271 g/mol. The van der Waals surface area contributed by atoms with E-state index in [0.717, 1.165) is 4.90 Å². The van der Waals surface area contributed by atoms with Gasteiger partial charge in [-0.25, -0.2) is 4.79 Å². The standard InChI is InChI=1S/C14H9NO5/c16-9-1-2-10-8(5-14(19)20-11(10)6-9)7-15-12(17)3-4-13(15)18/h1-6,16H,7H2. The van der Waals surface area contributed by atoms with Crippen molar-refractivity contribution in [3.63, 3.8) is 0 Å². The SMILES string of the molecule is O=C1C=CC(=O)N1Cc1cc(=O)oc2cc(O)ccc12. The number of phenols is 1. The van der Waals surface area contributed by atoms with Crippen LogP contribution < -0.4 is 5.63 Å². The molecular formula is C14H9NO5. The summed E-state index contributed by atoms with van der Waals surface area (Å²) in [4.78, 5) is 35.6. The Bertz CT molecular complexity index is 800. The van der Waals surface area contributed by atoms with Gasteiger partial charge >= 0.3 is 5.63 Å². The second-order valence-corrected chi connectivity index (χ2v) is 4.37. The van der Waals surface area contributed by atoms with E-state index in [9.17, 15) is 19.5 Å². The predicted octanol–water partition coefficient (Wildman–Crippen LogP) is 0.924. The molecule has 2 aromatic rings. The van der Waals surface area contributed by atoms with Crippen LogP contribution in [0.4, 0.5) is 0 Å². The second-order valence-electron chi connectivity index (χ2n) is 4.37. The highest BCUT2D eigenvalue weighted by Crippen LogP contribution is 2.23. The molecule has 1 aliphatic rings. The first-order valence-electron chi connectivity index (χ1n) is 5.84. The van der Waals surface area contributed by atoms with Gasteiger partial charge in [-0.05, 0) is 17.7 Å². The van der Waals surface area contributed by atoms with E-state index < -0.39 is 17.4 Å². The van der Waals surface area contributed by atoms with Gasteiger partial charge in [0.15, 0.2) is 0 Å². The molecule has 1 N–H and O–H groups in total. The molecular weight excluding hydrogens is 262 g/mol. The summed E-state index contributed by atoms with van der Waals surface area (Å²) in [5.74, 6) is -0.877. The molecule has 0 unspecified atom stereocenters. The van der Waals surface area contributed by atoms with Crippen LogP contribution in [0, 0.1) is 0 Å². The number of rotatable bonds is 2. The van der Waals surface area contributed by atoms with Crippen molar-refractivity contribution in [2.45, 2.75) is 6.54 Å². The summed E-state index contributed by atoms with van der Waals surface area (Å²) in [5, 5.41) is 9.95. The van der Waals surface area contributed by atoms with Gasteiger partial charge in [-0.2, -0.15) is 0 Å². The molecule has 3 rings (SSSR count). The van der Waals surface area contributed by atoms with E-state index in [4.69, 9.17) is 4.42 Å². The summed E-state index contributed by atoms with van der Waals surface area (Å²) in [6, 6.07) is 5.56. The molecule has 1 aliphatic heterocycles. The fraction of sp³-hybridized carbons (Fsp3) is 0.0714. The third-order valence-corrected chi connectivity index (χ3v) is 3.04. The van der Waals surface area contributed by atoms with E-state index in [1.54, 1.807) is 6.07 Å². The van der Waals surface area contributed by atoms with Crippen LogP contribution in [0.5, 0.6) is 5.75 Å². The average molecular weight is 271 g/mol. The van der Waals surface area contributed by atoms with E-state index >= 15 is 0 Å². The van der Waals surface area contributed by atoms with Crippen molar-refractivity contribution in [1.82, 2.24) is 4.90 Å². The lowest BCUT2D eigenvalue weighted by molar-refractivity contribution is -0.137. The van der Waals surface area contributed by atoms with Crippen molar-refractivity contribution in [2.24, 2.45) is 0 Å². The lowest BCUT2D eigenvalue weighted by Crippen LogP contribution is -2.29. The fourth-order valence-corrected chi connectivity index (χ4v) is 2.11. The molecule has 0 saturated heterocycles. The van der Waals surface area contributed by atoms with Crippen LogP contribution in [0.3, 0.4) is 0 Å². The number of amides is 2. The maximum atomic E-state index is 11.5. The molecule has 0 saturated carbocycles. The van der Waals surface area contributed by atoms with Gasteiger partial charge in [-0.1, -0.05) is 0 Å². The summed E-state index contributed by atoms with van der Waals surface area (Å²) in [5.41, 5.74) is 0.0892. The van der Waals surface area contributed by atoms with Gasteiger partial charge in [0.25, 0.3) is 11.8 Å². The summed E-state index contributed by atoms with van der Waals surface area (Å²) in [6.45, 7) is -0.0163. The Morgan fingerprint density at radius 3 is 2.45 bits per heavy atom. The Morgan fingerprint density at radius 2 is 1.75 bits per heavy atom. The normalized spacial score (nSPS) is 14.5. The lowest BCUT2D eigenvalue weighted by atomic mass is 10.1. The molecule has 0 aliphatic carbocycles. The summed E-state index contributed by atoms with van der Waals surface area (Å²) < 4.78 is 4.98. The minimum Gasteiger partial charge on any atom is -0.508 e. The van der Waals surface area contributed by atoms with Gasteiger partial charge in [-0.3, -0.25) is 14.5 Å². The van der Waals surface area contributed by atoms with Crippen LogP contribution >= 0.6 is 0 Å². The molecule has 0 bridgehead atoms. The number of hydrogen-bond acceptors (Lipinski definition) is 5. The number of aromatic hydroxyl groups is 1. The van der Waals surface area contributed by atoms with Crippen LogP contribution in [-0.2, 0) is 16.1 Å². The van der Waals surface area contributed by atoms with Crippen molar-refractivity contribution in [3.05, 3.63) is 52.4 Å². The van der Waals surface area contributed by atoms with Gasteiger partial charge in [-0.15, -0.1) is 0 Å². The quantitative estimate of drug-likeness (QED) is 0.648. The van der Waals surface area contributed by atoms with Crippen molar-refractivity contribution in [3.8, 4) is 5.75 Å². The number of imide groups is 1. The zero-order valence-corrected chi connectivity index (χ0v) is 10.2. The van der Waals surface area contributed by atoms with Crippen LogP contribution in [-0.4, -0.2) is 21.8 Å². The van der Waals surface area contributed by atoms with Crippen LogP contribution in [0.1, 0.15) is 5.56 Å². The van der Waals surface area contributed by atoms with Crippen LogP contribution in [0.2, 0.25) is 0 Å². The molecule has 1 aromatic heterocycles. The van der Waals surface area contributed by atoms with E-state index in [1.165, 1.54) is 30.4 Å². The third kappa shape index (κ3) is 1.97. The van der Waals surface area contributed by atoms with Crippen molar-refractivity contribution >= 4 is 22.8 Å². The molecule has 1 aromatic carbocycles. The number of benzene rings is 1. The third-order valence-electron chi connectivity index (χ3n) is 3.04. The van der Waals surface area contributed by atoms with E-state index in [-0.39, 0.29) is 17.9 Å². The number of carbonyl (C=O) groups is 2. The number of fused-ring (bicyclic) bond motifs is 1. The van der Waals surface area contributed by atoms with Gasteiger partial charge in [0, 0.05) is 29.7 Å². The minimum absolute atomic E-state index is 0.0163. The average Bonchev–Trinajstić information content (AvgIpc) is 2.69. The Labute approximate surface area is 112 Å². The molecule has 100 valence electrons. The lowest BCUT2D eigenvalue weighted by Gasteiger charge is -2.14. The zero-order chi connectivity index (χ0) is 14.3. The van der Waals surface area contributed by atoms with E-state index in [0.29, 0.717) is 10.9 Å². The second kappa shape index (κ2) is 4.34.